The van der Waals surface area contributed by atoms with Gasteiger partial charge in [-0.05, 0) is 31.2 Å². The Balaban J connectivity index is 1.91. The van der Waals surface area contributed by atoms with Gasteiger partial charge in [0.2, 0.25) is 0 Å². The molecular formula is C16H20FN3O2. The number of halogens is 1. The molecule has 0 radical (unpaired) electrons. The number of nitrogens with zero attached hydrogens (tertiary/aromatic N) is 3. The van der Waals surface area contributed by atoms with Gasteiger partial charge in [-0.2, -0.15) is 5.26 Å². The molecule has 0 aromatic heterocycles. The number of amides is 1. The molecular weight excluding hydrogens is 285 g/mol. The summed E-state index contributed by atoms with van der Waals surface area (Å²) in [7, 11) is 1.38. The largest absolute Gasteiger partial charge is 0.494 e. The predicted molar refractivity (Wildman–Crippen MR) is 80.1 cm³/mol. The van der Waals surface area contributed by atoms with Gasteiger partial charge in [-0.1, -0.05) is 0 Å². The van der Waals surface area contributed by atoms with E-state index in [4.69, 9.17) is 10.00 Å². The molecule has 1 aliphatic rings. The molecule has 0 aliphatic carbocycles. The number of rotatable bonds is 5. The molecule has 0 N–H and O–H groups in total. The molecule has 0 bridgehead atoms. The van der Waals surface area contributed by atoms with Crippen molar-refractivity contribution in [3.05, 3.63) is 29.6 Å². The van der Waals surface area contributed by atoms with E-state index in [1.165, 1.54) is 25.3 Å². The van der Waals surface area contributed by atoms with Crippen LogP contribution in [0.1, 0.15) is 23.2 Å². The standard InChI is InChI=1S/C16H20FN3O2/c1-22-15-12-13(4-5-14(15)17)16(21)20-10-8-19(9-11-20)7-3-2-6-18/h4-5,12H,2-3,7-11H2,1H3. The highest BCUT2D eigenvalue weighted by molar-refractivity contribution is 5.94. The van der Waals surface area contributed by atoms with Gasteiger partial charge in [0.1, 0.15) is 0 Å². The first-order valence-electron chi connectivity index (χ1n) is 7.38. The molecule has 0 atom stereocenters. The SMILES string of the molecule is COc1cc(C(=O)N2CCN(CCCC#N)CC2)ccc1F. The summed E-state index contributed by atoms with van der Waals surface area (Å²) >= 11 is 0. The van der Waals surface area contributed by atoms with Crippen molar-refractivity contribution < 1.29 is 13.9 Å². The number of carbonyl (C=O) groups is 1. The molecule has 1 fully saturated rings. The minimum absolute atomic E-state index is 0.0842. The summed E-state index contributed by atoms with van der Waals surface area (Å²) in [6.45, 7) is 3.78. The monoisotopic (exact) mass is 305 g/mol. The van der Waals surface area contributed by atoms with Crippen molar-refractivity contribution in [3.63, 3.8) is 0 Å². The Bertz CT molecular complexity index is 563. The van der Waals surface area contributed by atoms with Gasteiger partial charge < -0.3 is 9.64 Å². The Labute approximate surface area is 129 Å². The van der Waals surface area contributed by atoms with Crippen molar-refractivity contribution >= 4 is 5.91 Å². The summed E-state index contributed by atoms with van der Waals surface area (Å²) < 4.78 is 18.3. The van der Waals surface area contributed by atoms with Crippen LogP contribution >= 0.6 is 0 Å². The van der Waals surface area contributed by atoms with E-state index in [2.05, 4.69) is 11.0 Å². The van der Waals surface area contributed by atoms with Gasteiger partial charge in [-0.25, -0.2) is 4.39 Å². The molecule has 1 aromatic carbocycles. The first kappa shape index (κ1) is 16.2. The summed E-state index contributed by atoms with van der Waals surface area (Å²) in [5, 5.41) is 8.54. The zero-order valence-electron chi connectivity index (χ0n) is 12.7. The molecule has 0 saturated carbocycles. The van der Waals surface area contributed by atoms with E-state index < -0.39 is 5.82 Å². The van der Waals surface area contributed by atoms with Crippen LogP contribution in [-0.2, 0) is 0 Å². The zero-order valence-corrected chi connectivity index (χ0v) is 12.7. The number of carbonyl (C=O) groups excluding carboxylic acids is 1. The van der Waals surface area contributed by atoms with Crippen molar-refractivity contribution in [2.75, 3.05) is 39.8 Å². The lowest BCUT2D eigenvalue weighted by Crippen LogP contribution is -2.48. The van der Waals surface area contributed by atoms with Gasteiger partial charge in [0.25, 0.3) is 5.91 Å². The maximum Gasteiger partial charge on any atom is 0.254 e. The summed E-state index contributed by atoms with van der Waals surface area (Å²) in [5.74, 6) is -0.489. The molecule has 0 unspecified atom stereocenters. The van der Waals surface area contributed by atoms with E-state index in [1.54, 1.807) is 4.90 Å². The Morgan fingerprint density at radius 2 is 2.09 bits per heavy atom. The Morgan fingerprint density at radius 3 is 2.73 bits per heavy atom. The minimum Gasteiger partial charge on any atom is -0.494 e. The summed E-state index contributed by atoms with van der Waals surface area (Å²) in [6.07, 6.45) is 1.42. The molecule has 1 saturated heterocycles. The number of piperazine rings is 1. The van der Waals surface area contributed by atoms with Crippen molar-refractivity contribution in [3.8, 4) is 11.8 Å². The van der Waals surface area contributed by atoms with E-state index >= 15 is 0 Å². The normalized spacial score (nSPS) is 15.4. The number of hydrogen-bond donors (Lipinski definition) is 0. The highest BCUT2D eigenvalue weighted by Crippen LogP contribution is 2.19. The third-order valence-corrected chi connectivity index (χ3v) is 3.82. The first-order chi connectivity index (χ1) is 10.7. The lowest BCUT2D eigenvalue weighted by Gasteiger charge is -2.34. The number of ether oxygens (including phenoxy) is 1. The molecule has 2 rings (SSSR count). The Kier molecular flexibility index (Phi) is 5.73. The summed E-state index contributed by atoms with van der Waals surface area (Å²) in [4.78, 5) is 16.5. The number of benzene rings is 1. The van der Waals surface area contributed by atoms with Crippen LogP contribution in [0, 0.1) is 17.1 Å². The lowest BCUT2D eigenvalue weighted by molar-refractivity contribution is 0.0636. The second-order valence-corrected chi connectivity index (χ2v) is 5.24. The number of nitriles is 1. The van der Waals surface area contributed by atoms with Crippen molar-refractivity contribution in [1.29, 1.82) is 5.26 Å². The van der Waals surface area contributed by atoms with Crippen molar-refractivity contribution in [2.24, 2.45) is 0 Å². The van der Waals surface area contributed by atoms with Crippen molar-refractivity contribution in [1.82, 2.24) is 9.80 Å². The highest BCUT2D eigenvalue weighted by atomic mass is 19.1. The van der Waals surface area contributed by atoms with Crippen LogP contribution in [0.5, 0.6) is 5.75 Å². The van der Waals surface area contributed by atoms with Gasteiger partial charge in [-0.15, -0.1) is 0 Å². The smallest absolute Gasteiger partial charge is 0.254 e. The Hall–Kier alpha value is -2.13. The average molecular weight is 305 g/mol. The first-order valence-corrected chi connectivity index (χ1v) is 7.38. The van der Waals surface area contributed by atoms with E-state index in [9.17, 15) is 9.18 Å². The van der Waals surface area contributed by atoms with Crippen LogP contribution in [0.4, 0.5) is 4.39 Å². The third kappa shape index (κ3) is 3.95. The van der Waals surface area contributed by atoms with Gasteiger partial charge in [-0.3, -0.25) is 9.69 Å². The molecule has 22 heavy (non-hydrogen) atoms. The summed E-state index contributed by atoms with van der Waals surface area (Å²) in [5.41, 5.74) is 0.441. The van der Waals surface area contributed by atoms with Crippen LogP contribution < -0.4 is 4.74 Å². The molecule has 5 nitrogen and oxygen atoms in total. The number of hydrogen-bond acceptors (Lipinski definition) is 4. The third-order valence-electron chi connectivity index (χ3n) is 3.82. The van der Waals surface area contributed by atoms with Crippen LogP contribution in [0.2, 0.25) is 0 Å². The summed E-state index contributed by atoms with van der Waals surface area (Å²) in [6, 6.07) is 6.32. The second kappa shape index (κ2) is 7.76. The number of methoxy groups -OCH3 is 1. The maximum atomic E-state index is 13.4. The predicted octanol–water partition coefficient (Wildman–Crippen LogP) is 1.90. The van der Waals surface area contributed by atoms with Gasteiger partial charge in [0, 0.05) is 38.2 Å². The van der Waals surface area contributed by atoms with Crippen LogP contribution in [0.3, 0.4) is 0 Å². The quantitative estimate of drug-likeness (QED) is 0.780. The molecule has 0 spiro atoms. The molecule has 1 aromatic rings. The minimum atomic E-state index is -0.471. The van der Waals surface area contributed by atoms with Gasteiger partial charge in [0.15, 0.2) is 11.6 Å². The molecule has 1 aliphatic heterocycles. The van der Waals surface area contributed by atoms with Crippen molar-refractivity contribution in [2.45, 2.75) is 12.8 Å². The maximum absolute atomic E-state index is 13.4. The molecule has 1 amide bonds. The molecule has 118 valence electrons. The Morgan fingerprint density at radius 1 is 1.36 bits per heavy atom. The zero-order chi connectivity index (χ0) is 15.9. The van der Waals surface area contributed by atoms with Gasteiger partial charge >= 0.3 is 0 Å². The van der Waals surface area contributed by atoms with E-state index in [0.717, 1.165) is 26.1 Å². The lowest BCUT2D eigenvalue weighted by atomic mass is 10.1. The molecule has 1 heterocycles. The van der Waals surface area contributed by atoms with E-state index in [-0.39, 0.29) is 11.7 Å². The van der Waals surface area contributed by atoms with Crippen LogP contribution in [-0.4, -0.2) is 55.5 Å². The molecule has 6 heteroatoms. The highest BCUT2D eigenvalue weighted by Gasteiger charge is 2.22. The fourth-order valence-corrected chi connectivity index (χ4v) is 2.53. The van der Waals surface area contributed by atoms with E-state index in [0.29, 0.717) is 25.1 Å². The number of unbranched alkanes of at least 4 members (excludes halogenated alkanes) is 1. The van der Waals surface area contributed by atoms with Crippen LogP contribution in [0.15, 0.2) is 18.2 Å². The fourth-order valence-electron chi connectivity index (χ4n) is 2.53. The topological polar surface area (TPSA) is 56.6 Å². The fraction of sp³-hybridized carbons (Fsp3) is 0.500. The average Bonchev–Trinajstić information content (AvgIpc) is 2.55. The van der Waals surface area contributed by atoms with Gasteiger partial charge in [0.05, 0.1) is 13.2 Å². The van der Waals surface area contributed by atoms with E-state index in [1.807, 2.05) is 0 Å². The second-order valence-electron chi connectivity index (χ2n) is 5.24. The van der Waals surface area contributed by atoms with Crippen LogP contribution in [0.25, 0.3) is 0 Å².